The molecular weight excluding hydrogens is 330 g/mol. The normalized spacial score (nSPS) is 37.4. The Hall–Kier alpha value is -1.81. The van der Waals surface area contributed by atoms with Crippen LogP contribution in [0.25, 0.3) is 0 Å². The second kappa shape index (κ2) is 7.07. The van der Waals surface area contributed by atoms with Gasteiger partial charge in [-0.05, 0) is 50.9 Å². The van der Waals surface area contributed by atoms with Crippen LogP contribution in [0.3, 0.4) is 0 Å². The van der Waals surface area contributed by atoms with E-state index in [0.29, 0.717) is 5.92 Å². The summed E-state index contributed by atoms with van der Waals surface area (Å²) in [6.07, 6.45) is 4.24. The summed E-state index contributed by atoms with van der Waals surface area (Å²) in [4.78, 5) is 30.9. The maximum absolute atomic E-state index is 13.1. The van der Waals surface area contributed by atoms with Gasteiger partial charge in [-0.3, -0.25) is 4.79 Å². The molecule has 0 spiro atoms. The highest BCUT2D eigenvalue weighted by Gasteiger charge is 2.48. The number of carbonyl (C=O) groups is 2. The van der Waals surface area contributed by atoms with Crippen LogP contribution in [0.5, 0.6) is 0 Å². The van der Waals surface area contributed by atoms with Crippen LogP contribution in [-0.4, -0.2) is 70.9 Å². The highest BCUT2D eigenvalue weighted by molar-refractivity contribution is 5.83. The van der Waals surface area contributed by atoms with E-state index < -0.39 is 6.04 Å². The van der Waals surface area contributed by atoms with Crippen molar-refractivity contribution in [3.63, 3.8) is 0 Å². The first-order valence-electron chi connectivity index (χ1n) is 9.73. The van der Waals surface area contributed by atoms with E-state index in [2.05, 4.69) is 13.0 Å². The molecule has 0 aromatic rings. The lowest BCUT2D eigenvalue weighted by molar-refractivity contribution is -0.136. The molecule has 3 heterocycles. The summed E-state index contributed by atoms with van der Waals surface area (Å²) >= 11 is 0. The van der Waals surface area contributed by atoms with E-state index in [9.17, 15) is 14.9 Å². The number of nitriles is 1. The number of nitrogens with two attached hydrogens (primary N) is 1. The molecule has 7 heteroatoms. The Morgan fingerprint density at radius 2 is 1.69 bits per heavy atom. The van der Waals surface area contributed by atoms with Gasteiger partial charge in [-0.25, -0.2) is 4.79 Å². The number of piperidine rings is 1. The number of amides is 3. The minimum atomic E-state index is -0.585. The van der Waals surface area contributed by atoms with Crippen LogP contribution < -0.4 is 5.73 Å². The number of rotatable bonds is 2. The van der Waals surface area contributed by atoms with Crippen molar-refractivity contribution >= 4 is 11.9 Å². The van der Waals surface area contributed by atoms with E-state index in [-0.39, 0.29) is 42.0 Å². The average Bonchev–Trinajstić information content (AvgIpc) is 3.05. The molecule has 3 aliphatic heterocycles. The molecule has 0 radical (unpaired) electrons. The predicted molar refractivity (Wildman–Crippen MR) is 97.9 cm³/mol. The summed E-state index contributed by atoms with van der Waals surface area (Å²) in [5, 5.41) is 9.42. The molecule has 3 rings (SSSR count). The van der Waals surface area contributed by atoms with Crippen LogP contribution in [0.4, 0.5) is 4.79 Å². The maximum atomic E-state index is 13.1. The summed E-state index contributed by atoms with van der Waals surface area (Å²) in [6, 6.07) is 1.77. The SMILES string of the molecule is CC1C[C@@H](C#N)N(C(=O)C(N)C2CC3CCC(C2)N3C(=O)N(C)C)[C@H]1C. The molecule has 3 aliphatic rings. The Labute approximate surface area is 156 Å². The summed E-state index contributed by atoms with van der Waals surface area (Å²) in [7, 11) is 3.56. The smallest absolute Gasteiger partial charge is 0.319 e. The van der Waals surface area contributed by atoms with Crippen molar-refractivity contribution in [1.82, 2.24) is 14.7 Å². The van der Waals surface area contributed by atoms with E-state index in [1.165, 1.54) is 0 Å². The van der Waals surface area contributed by atoms with Crippen molar-refractivity contribution in [3.05, 3.63) is 0 Å². The summed E-state index contributed by atoms with van der Waals surface area (Å²) in [5.74, 6) is 0.297. The molecule has 0 saturated carbocycles. The molecule has 3 fully saturated rings. The highest BCUT2D eigenvalue weighted by Crippen LogP contribution is 2.41. The van der Waals surface area contributed by atoms with Crippen molar-refractivity contribution in [2.45, 2.75) is 76.2 Å². The zero-order chi connectivity index (χ0) is 19.2. The first-order valence-corrected chi connectivity index (χ1v) is 9.73. The third-order valence-corrected chi connectivity index (χ3v) is 6.76. The van der Waals surface area contributed by atoms with Gasteiger partial charge in [-0.2, -0.15) is 5.26 Å². The Kier molecular flexibility index (Phi) is 5.16. The van der Waals surface area contributed by atoms with Gasteiger partial charge in [0.2, 0.25) is 5.91 Å². The lowest BCUT2D eigenvalue weighted by Gasteiger charge is -2.42. The van der Waals surface area contributed by atoms with Gasteiger partial charge in [0.15, 0.2) is 0 Å². The van der Waals surface area contributed by atoms with Crippen LogP contribution in [0.15, 0.2) is 0 Å². The molecule has 6 atom stereocenters. The predicted octanol–water partition coefficient (Wildman–Crippen LogP) is 1.39. The van der Waals surface area contributed by atoms with E-state index in [4.69, 9.17) is 5.73 Å². The van der Waals surface area contributed by atoms with Gasteiger partial charge in [0.05, 0.1) is 12.1 Å². The Balaban J connectivity index is 1.70. The summed E-state index contributed by atoms with van der Waals surface area (Å²) < 4.78 is 0. The van der Waals surface area contributed by atoms with Crippen molar-refractivity contribution in [3.8, 4) is 6.07 Å². The number of urea groups is 1. The van der Waals surface area contributed by atoms with Crippen molar-refractivity contribution < 1.29 is 9.59 Å². The topological polar surface area (TPSA) is 93.7 Å². The van der Waals surface area contributed by atoms with E-state index in [1.54, 1.807) is 23.9 Å². The third-order valence-electron chi connectivity index (χ3n) is 6.76. The lowest BCUT2D eigenvalue weighted by Crippen LogP contribution is -2.57. The highest BCUT2D eigenvalue weighted by atomic mass is 16.2. The lowest BCUT2D eigenvalue weighted by atomic mass is 9.84. The molecule has 144 valence electrons. The monoisotopic (exact) mass is 361 g/mol. The van der Waals surface area contributed by atoms with E-state index >= 15 is 0 Å². The van der Waals surface area contributed by atoms with E-state index in [1.807, 2.05) is 11.8 Å². The molecule has 7 nitrogen and oxygen atoms in total. The third kappa shape index (κ3) is 3.05. The minimum absolute atomic E-state index is 0.0466. The van der Waals surface area contributed by atoms with Gasteiger partial charge in [-0.1, -0.05) is 6.92 Å². The fourth-order valence-electron chi connectivity index (χ4n) is 5.12. The summed E-state index contributed by atoms with van der Waals surface area (Å²) in [6.45, 7) is 4.09. The van der Waals surface area contributed by atoms with Crippen molar-refractivity contribution in [2.24, 2.45) is 17.6 Å². The number of nitrogens with zero attached hydrogens (tertiary/aromatic N) is 4. The fraction of sp³-hybridized carbons (Fsp3) is 0.842. The molecule has 4 unspecified atom stereocenters. The fourth-order valence-corrected chi connectivity index (χ4v) is 5.12. The Morgan fingerprint density at radius 1 is 1.12 bits per heavy atom. The maximum Gasteiger partial charge on any atom is 0.319 e. The first-order chi connectivity index (χ1) is 12.3. The van der Waals surface area contributed by atoms with Crippen LogP contribution in [-0.2, 0) is 4.79 Å². The first kappa shape index (κ1) is 19.0. The molecular formula is C19H31N5O2. The molecule has 0 aromatic heterocycles. The zero-order valence-corrected chi connectivity index (χ0v) is 16.3. The Morgan fingerprint density at radius 3 is 2.19 bits per heavy atom. The summed E-state index contributed by atoms with van der Waals surface area (Å²) in [5.41, 5.74) is 6.42. The second-order valence-corrected chi connectivity index (χ2v) is 8.57. The Bertz CT molecular complexity index is 602. The second-order valence-electron chi connectivity index (χ2n) is 8.57. The molecule has 0 aromatic carbocycles. The molecule has 3 amide bonds. The van der Waals surface area contributed by atoms with Crippen LogP contribution >= 0.6 is 0 Å². The average molecular weight is 361 g/mol. The van der Waals surface area contributed by atoms with E-state index in [0.717, 1.165) is 32.1 Å². The van der Waals surface area contributed by atoms with Crippen LogP contribution in [0.1, 0.15) is 46.0 Å². The number of carbonyl (C=O) groups excluding carboxylic acids is 2. The number of fused-ring (bicyclic) bond motifs is 2. The van der Waals surface area contributed by atoms with Crippen LogP contribution in [0.2, 0.25) is 0 Å². The van der Waals surface area contributed by atoms with Crippen molar-refractivity contribution in [1.29, 1.82) is 5.26 Å². The number of hydrogen-bond donors (Lipinski definition) is 1. The van der Waals surface area contributed by atoms with Crippen LogP contribution in [0, 0.1) is 23.2 Å². The number of likely N-dealkylation sites (tertiary alicyclic amines) is 1. The van der Waals surface area contributed by atoms with Gasteiger partial charge in [-0.15, -0.1) is 0 Å². The van der Waals surface area contributed by atoms with Gasteiger partial charge in [0, 0.05) is 32.2 Å². The van der Waals surface area contributed by atoms with Crippen molar-refractivity contribution in [2.75, 3.05) is 14.1 Å². The zero-order valence-electron chi connectivity index (χ0n) is 16.3. The van der Waals surface area contributed by atoms with Gasteiger partial charge in [0.1, 0.15) is 6.04 Å². The largest absolute Gasteiger partial charge is 0.331 e. The minimum Gasteiger partial charge on any atom is -0.331 e. The molecule has 26 heavy (non-hydrogen) atoms. The molecule has 3 saturated heterocycles. The van der Waals surface area contributed by atoms with Gasteiger partial charge in [0.25, 0.3) is 0 Å². The standard InChI is InChI=1S/C19H31N5O2/c1-11-7-16(10-20)23(12(11)2)18(25)17(21)13-8-14-5-6-15(9-13)24(14)19(26)22(3)4/h11-17H,5-9,21H2,1-4H3/t11?,12-,13?,14?,15?,16-,17?/m0/s1. The number of hydrogen-bond acceptors (Lipinski definition) is 4. The quantitative estimate of drug-likeness (QED) is 0.804. The van der Waals surface area contributed by atoms with Gasteiger partial charge < -0.3 is 20.4 Å². The van der Waals surface area contributed by atoms with Gasteiger partial charge >= 0.3 is 6.03 Å². The molecule has 2 bridgehead atoms. The molecule has 2 N–H and O–H groups in total. The molecule has 0 aliphatic carbocycles.